The Balaban J connectivity index is 2.66. The van der Waals surface area contributed by atoms with Crippen LogP contribution in [0.2, 0.25) is 0 Å². The van der Waals surface area contributed by atoms with Crippen LogP contribution >= 0.6 is 11.3 Å². The van der Waals surface area contributed by atoms with E-state index in [4.69, 9.17) is 15.3 Å². The minimum Gasteiger partial charge on any atom is -0.477 e. The van der Waals surface area contributed by atoms with Crippen LogP contribution in [0.1, 0.15) is 27.9 Å². The molecule has 0 unspecified atom stereocenters. The van der Waals surface area contributed by atoms with Gasteiger partial charge in [0.15, 0.2) is 0 Å². The van der Waals surface area contributed by atoms with Crippen LogP contribution < -0.4 is 5.73 Å². The number of carboxylic acids is 1. The van der Waals surface area contributed by atoms with Crippen molar-refractivity contribution < 1.29 is 14.3 Å². The second-order valence-electron chi connectivity index (χ2n) is 3.70. The summed E-state index contributed by atoms with van der Waals surface area (Å²) in [5, 5.41) is 9.07. The first-order valence-electron chi connectivity index (χ1n) is 5.25. The molecule has 0 saturated carbocycles. The van der Waals surface area contributed by atoms with Crippen LogP contribution in [0.4, 0.5) is 5.69 Å². The molecule has 0 aliphatic heterocycles. The third-order valence-corrected chi connectivity index (χ3v) is 3.97. The maximum Gasteiger partial charge on any atom is 0.348 e. The van der Waals surface area contributed by atoms with Gasteiger partial charge in [0.2, 0.25) is 0 Å². The number of hydrogen-bond donors (Lipinski definition) is 2. The molecule has 17 heavy (non-hydrogen) atoms. The molecule has 3 N–H and O–H groups in total. The monoisotopic (exact) mass is 251 g/mol. The summed E-state index contributed by atoms with van der Waals surface area (Å²) in [4.78, 5) is 12.2. The minimum atomic E-state index is -0.977. The third kappa shape index (κ3) is 1.82. The van der Waals surface area contributed by atoms with Gasteiger partial charge in [0.25, 0.3) is 0 Å². The van der Waals surface area contributed by atoms with Crippen LogP contribution in [-0.4, -0.2) is 11.1 Å². The molecule has 0 aliphatic carbocycles. The molecular weight excluding hydrogens is 238 g/mol. The number of anilines is 1. The van der Waals surface area contributed by atoms with E-state index >= 15 is 0 Å². The Morgan fingerprint density at radius 1 is 1.59 bits per heavy atom. The number of carbonyl (C=O) groups is 1. The molecule has 0 saturated heterocycles. The smallest absolute Gasteiger partial charge is 0.348 e. The first kappa shape index (κ1) is 11.7. The molecule has 0 bridgehead atoms. The molecule has 0 fully saturated rings. The van der Waals surface area contributed by atoms with Crippen molar-refractivity contribution in [3.8, 4) is 10.4 Å². The highest BCUT2D eigenvalue weighted by Gasteiger charge is 2.21. The van der Waals surface area contributed by atoms with Gasteiger partial charge in [0.1, 0.15) is 10.6 Å². The van der Waals surface area contributed by atoms with Gasteiger partial charge in [-0.05, 0) is 25.0 Å². The van der Waals surface area contributed by atoms with E-state index in [0.29, 0.717) is 12.1 Å². The fourth-order valence-corrected chi connectivity index (χ4v) is 3.05. The molecule has 2 heterocycles. The van der Waals surface area contributed by atoms with Crippen LogP contribution in [0.5, 0.6) is 0 Å². The number of aromatic carboxylic acids is 1. The molecule has 2 aromatic heterocycles. The van der Waals surface area contributed by atoms with Crippen molar-refractivity contribution in [2.75, 3.05) is 5.73 Å². The average Bonchev–Trinajstić information content (AvgIpc) is 2.81. The van der Waals surface area contributed by atoms with E-state index in [-0.39, 0.29) is 4.88 Å². The summed E-state index contributed by atoms with van der Waals surface area (Å²) < 4.78 is 5.25. The number of hydrogen-bond acceptors (Lipinski definition) is 4. The van der Waals surface area contributed by atoms with Crippen molar-refractivity contribution in [1.29, 1.82) is 0 Å². The molecule has 90 valence electrons. The first-order chi connectivity index (χ1) is 8.06. The highest BCUT2D eigenvalue weighted by molar-refractivity contribution is 7.18. The van der Waals surface area contributed by atoms with Gasteiger partial charge < -0.3 is 15.3 Å². The summed E-state index contributed by atoms with van der Waals surface area (Å²) in [5.41, 5.74) is 8.05. The molecule has 0 aliphatic rings. The van der Waals surface area contributed by atoms with Crippen LogP contribution in [0.3, 0.4) is 0 Å². The number of aryl methyl sites for hydroxylation is 1. The number of carboxylic acid groups (broad SMARTS) is 1. The van der Waals surface area contributed by atoms with E-state index in [1.54, 1.807) is 6.26 Å². The van der Waals surface area contributed by atoms with E-state index in [9.17, 15) is 4.79 Å². The Kier molecular flexibility index (Phi) is 2.93. The largest absolute Gasteiger partial charge is 0.477 e. The second-order valence-corrected chi connectivity index (χ2v) is 4.72. The summed E-state index contributed by atoms with van der Waals surface area (Å²) in [6.07, 6.45) is 2.30. The molecule has 0 atom stereocenters. The third-order valence-electron chi connectivity index (χ3n) is 2.70. The van der Waals surface area contributed by atoms with E-state index in [1.165, 1.54) is 11.3 Å². The van der Waals surface area contributed by atoms with Crippen molar-refractivity contribution in [1.82, 2.24) is 0 Å². The Bertz CT molecular complexity index is 568. The van der Waals surface area contributed by atoms with Crippen LogP contribution in [0.15, 0.2) is 16.7 Å². The number of furan rings is 1. The van der Waals surface area contributed by atoms with Crippen molar-refractivity contribution in [3.63, 3.8) is 0 Å². The van der Waals surface area contributed by atoms with Gasteiger partial charge in [-0.3, -0.25) is 0 Å². The Labute approximate surface area is 103 Å². The molecular formula is C12H13NO3S. The predicted molar refractivity (Wildman–Crippen MR) is 67.5 cm³/mol. The summed E-state index contributed by atoms with van der Waals surface area (Å²) in [6.45, 7) is 3.81. The lowest BCUT2D eigenvalue weighted by Crippen LogP contribution is -1.99. The van der Waals surface area contributed by atoms with Gasteiger partial charge in [0.05, 0.1) is 12.0 Å². The molecule has 0 aromatic carbocycles. The van der Waals surface area contributed by atoms with Gasteiger partial charge in [-0.1, -0.05) is 6.92 Å². The molecule has 2 aromatic rings. The minimum absolute atomic E-state index is 0.206. The zero-order chi connectivity index (χ0) is 12.6. The number of nitrogens with two attached hydrogens (primary N) is 1. The highest BCUT2D eigenvalue weighted by Crippen LogP contribution is 2.40. The lowest BCUT2D eigenvalue weighted by Gasteiger charge is -2.00. The zero-order valence-corrected chi connectivity index (χ0v) is 10.4. The Morgan fingerprint density at radius 2 is 2.29 bits per heavy atom. The standard InChI is InChI=1S/C12H13NO3S/c1-3-7-9(13)11(12(14)15)17-10(7)8-4-5-16-6(8)2/h4-5H,3,13H2,1-2H3,(H,14,15). The fourth-order valence-electron chi connectivity index (χ4n) is 1.83. The lowest BCUT2D eigenvalue weighted by molar-refractivity contribution is 0.0703. The van der Waals surface area contributed by atoms with Gasteiger partial charge in [0, 0.05) is 10.4 Å². The fraction of sp³-hybridized carbons (Fsp3) is 0.250. The van der Waals surface area contributed by atoms with Gasteiger partial charge in [-0.2, -0.15) is 0 Å². The van der Waals surface area contributed by atoms with E-state index in [0.717, 1.165) is 21.8 Å². The average molecular weight is 251 g/mol. The second kappa shape index (κ2) is 4.25. The van der Waals surface area contributed by atoms with Crippen molar-refractivity contribution in [2.24, 2.45) is 0 Å². The number of nitrogen functional groups attached to an aromatic ring is 1. The zero-order valence-electron chi connectivity index (χ0n) is 9.61. The Morgan fingerprint density at radius 3 is 2.76 bits per heavy atom. The molecule has 0 radical (unpaired) electrons. The first-order valence-corrected chi connectivity index (χ1v) is 6.06. The summed E-state index contributed by atoms with van der Waals surface area (Å²) >= 11 is 1.21. The summed E-state index contributed by atoms with van der Waals surface area (Å²) in [6, 6.07) is 1.84. The van der Waals surface area contributed by atoms with Crippen molar-refractivity contribution in [3.05, 3.63) is 28.5 Å². The van der Waals surface area contributed by atoms with E-state index in [2.05, 4.69) is 0 Å². The molecule has 2 rings (SSSR count). The molecule has 4 nitrogen and oxygen atoms in total. The highest BCUT2D eigenvalue weighted by atomic mass is 32.1. The SMILES string of the molecule is CCc1c(-c2ccoc2C)sc(C(=O)O)c1N. The van der Waals surface area contributed by atoms with Crippen LogP contribution in [0.25, 0.3) is 10.4 Å². The summed E-state index contributed by atoms with van der Waals surface area (Å²) in [5.74, 6) is -0.201. The normalized spacial score (nSPS) is 10.7. The molecule has 0 spiro atoms. The molecule has 5 heteroatoms. The van der Waals surface area contributed by atoms with Gasteiger partial charge >= 0.3 is 5.97 Å². The van der Waals surface area contributed by atoms with E-state index < -0.39 is 5.97 Å². The maximum atomic E-state index is 11.1. The van der Waals surface area contributed by atoms with Gasteiger partial charge in [-0.25, -0.2) is 4.79 Å². The number of rotatable bonds is 3. The van der Waals surface area contributed by atoms with Crippen molar-refractivity contribution in [2.45, 2.75) is 20.3 Å². The van der Waals surface area contributed by atoms with Crippen LogP contribution in [-0.2, 0) is 6.42 Å². The maximum absolute atomic E-state index is 11.1. The predicted octanol–water partition coefficient (Wildman–Crippen LogP) is 3.16. The topological polar surface area (TPSA) is 76.5 Å². The number of thiophene rings is 1. The van der Waals surface area contributed by atoms with Crippen molar-refractivity contribution >= 4 is 23.0 Å². The quantitative estimate of drug-likeness (QED) is 0.878. The van der Waals surface area contributed by atoms with E-state index in [1.807, 2.05) is 19.9 Å². The van der Waals surface area contributed by atoms with Gasteiger partial charge in [-0.15, -0.1) is 11.3 Å². The summed E-state index contributed by atoms with van der Waals surface area (Å²) in [7, 11) is 0. The van der Waals surface area contributed by atoms with Crippen LogP contribution in [0, 0.1) is 6.92 Å². The Hall–Kier alpha value is -1.75. The lowest BCUT2D eigenvalue weighted by atomic mass is 10.1. The molecule has 0 amide bonds.